The molecule has 9 fully saturated rings. The van der Waals surface area contributed by atoms with Crippen LogP contribution in [-0.4, -0.2) is 199 Å². The van der Waals surface area contributed by atoms with E-state index < -0.39 is 146 Å². The molecule has 25 atom stereocenters. The number of aliphatic hydroxyl groups excluding tert-OH is 7. The Morgan fingerprint density at radius 2 is 1.44 bits per heavy atom. The fourth-order valence-corrected chi connectivity index (χ4v) is 16.5. The van der Waals surface area contributed by atoms with Gasteiger partial charge in [0.1, 0.15) is 67.6 Å². The summed E-state index contributed by atoms with van der Waals surface area (Å²) in [5.41, 5.74) is -2.69. The maximum Gasteiger partial charge on any atom is 0.308 e. The third-order valence-electron chi connectivity index (χ3n) is 19.7. The molecule has 2 bridgehead atoms. The van der Waals surface area contributed by atoms with E-state index in [1.165, 1.54) is 0 Å². The van der Waals surface area contributed by atoms with Crippen LogP contribution in [0.25, 0.3) is 0 Å². The lowest BCUT2D eigenvalue weighted by molar-refractivity contribution is -0.375. The Labute approximate surface area is 426 Å². The highest BCUT2D eigenvalue weighted by Crippen LogP contribution is 2.80. The first-order chi connectivity index (χ1) is 34.0. The lowest BCUT2D eigenvalue weighted by atomic mass is 9.35. The monoisotopic (exact) mass is 1040 g/mol. The third-order valence-corrected chi connectivity index (χ3v) is 19.7. The van der Waals surface area contributed by atoms with Crippen molar-refractivity contribution in [2.24, 2.45) is 45.3 Å². The number of carbonyl (C=O) groups is 2. The number of fused-ring (bicyclic) bond motifs is 4. The summed E-state index contributed by atoms with van der Waals surface area (Å²) < 4.78 is 56.3. The van der Waals surface area contributed by atoms with Crippen LogP contribution in [0.3, 0.4) is 0 Å². The van der Waals surface area contributed by atoms with Crippen molar-refractivity contribution in [3.05, 3.63) is 11.6 Å². The first-order valence-electron chi connectivity index (χ1n) is 26.4. The summed E-state index contributed by atoms with van der Waals surface area (Å²) in [5.74, 6) is -2.64. The van der Waals surface area contributed by atoms with E-state index in [1.807, 2.05) is 20.8 Å². The van der Waals surface area contributed by atoms with Gasteiger partial charge < -0.3 is 93.7 Å². The molecule has 0 aromatic heterocycles. The SMILES string of the molecule is CC(C)=CC1C[C@](C)(O)C2[C@H]3CC[C@@H]4[C@@]5(C)CC[C@H](O[C@@H]6OC[C@H](O)[C@H](O[C@@H]7O[C@H](COC(=O)CC(C)(O)CC(=O)O)[C@@H](O)[C@H](O)[C@H]7O)[C@H]6O[C@@H]6O[C@@H](CO)[C@H](O)[C@H]6O)C(C)(C)C5CC[C@@]4(C)[C@@]34CO[C@@]2(C4)O1. The summed E-state index contributed by atoms with van der Waals surface area (Å²) in [4.78, 5) is 23.8. The molecule has 5 saturated heterocycles. The van der Waals surface area contributed by atoms with Crippen molar-refractivity contribution in [1.29, 1.82) is 0 Å². The van der Waals surface area contributed by atoms with Gasteiger partial charge in [-0.1, -0.05) is 39.3 Å². The lowest BCUT2D eigenvalue weighted by Crippen LogP contribution is -2.67. The lowest BCUT2D eigenvalue weighted by Gasteiger charge is -2.70. The summed E-state index contributed by atoms with van der Waals surface area (Å²) in [6.45, 7) is 15.3. The minimum atomic E-state index is -1.96. The van der Waals surface area contributed by atoms with Crippen molar-refractivity contribution in [1.82, 2.24) is 0 Å². The first-order valence-corrected chi connectivity index (χ1v) is 26.4. The smallest absolute Gasteiger partial charge is 0.308 e. The van der Waals surface area contributed by atoms with Crippen LogP contribution < -0.4 is 0 Å². The molecule has 10 N–H and O–H groups in total. The van der Waals surface area contributed by atoms with Crippen molar-refractivity contribution < 1.29 is 103 Å². The van der Waals surface area contributed by atoms with Crippen molar-refractivity contribution >= 4 is 11.9 Å². The number of carboxylic acid groups (broad SMARTS) is 1. The second-order valence-corrected chi connectivity index (χ2v) is 25.2. The zero-order valence-corrected chi connectivity index (χ0v) is 43.4. The third kappa shape index (κ3) is 9.46. The van der Waals surface area contributed by atoms with E-state index >= 15 is 0 Å². The topological polar surface area (TPSA) is 320 Å². The molecule has 5 aliphatic heterocycles. The van der Waals surface area contributed by atoms with Gasteiger partial charge in [-0.3, -0.25) is 9.59 Å². The Kier molecular flexibility index (Phi) is 15.1. The number of esters is 1. The summed E-state index contributed by atoms with van der Waals surface area (Å²) >= 11 is 0. The van der Waals surface area contributed by atoms with Crippen LogP contribution in [0, 0.1) is 45.3 Å². The largest absolute Gasteiger partial charge is 0.481 e. The van der Waals surface area contributed by atoms with E-state index in [4.69, 9.17) is 47.7 Å². The standard InChI is InChI=1S/C52H82O21/c1-24(2)15-25-16-50(8,64)42-26-9-10-31-48(6)13-12-32(46(3,4)30(48)11-14-49(31,7)51(26)22-52(42,73-25)67-23-51)70-45-41(72-43-38(61)35(58)28(19-53)68-43)40(27(54)20-66-45)71-44-39(62)37(60)36(59)29(69-44)21-65-34(57)18-47(5,63)17-33(55)56/h15,25-32,35-45,53-54,58-64H,9-14,16-23H2,1-8H3,(H,55,56)/t25?,26-,27+,28+,29-,30?,31-,32+,35+,36-,37+,38-,39-,40+,41-,42?,43+,44+,45+,47?,48+,49-,50+,51+,52+/m1/s1. The van der Waals surface area contributed by atoms with E-state index in [-0.39, 0.29) is 46.7 Å². The number of hydrogen-bond donors (Lipinski definition) is 10. The number of carboxylic acids is 1. The molecule has 4 saturated carbocycles. The van der Waals surface area contributed by atoms with Gasteiger partial charge in [-0.05, 0) is 100 Å². The number of aliphatic hydroxyl groups is 9. The van der Waals surface area contributed by atoms with E-state index in [0.717, 1.165) is 51.0 Å². The number of allylic oxidation sites excluding steroid dienone is 1. The Balaban J connectivity index is 0.939. The Hall–Kier alpha value is -2.00. The number of ether oxygens (including phenoxy) is 9. The molecular weight excluding hydrogens is 961 g/mol. The Bertz CT molecular complexity index is 2060. The summed E-state index contributed by atoms with van der Waals surface area (Å²) in [5, 5.41) is 108. The van der Waals surface area contributed by atoms with Gasteiger partial charge in [0.25, 0.3) is 0 Å². The molecule has 4 unspecified atom stereocenters. The van der Waals surface area contributed by atoms with Gasteiger partial charge in [-0.25, -0.2) is 0 Å². The average molecular weight is 1040 g/mol. The molecule has 2 spiro atoms. The molecule has 0 aromatic carbocycles. The number of hydrogen-bond acceptors (Lipinski definition) is 20. The maximum absolute atomic E-state index is 12.6. The van der Waals surface area contributed by atoms with Crippen LogP contribution in [-0.2, 0) is 52.2 Å². The second-order valence-electron chi connectivity index (χ2n) is 25.2. The zero-order chi connectivity index (χ0) is 53.2. The van der Waals surface area contributed by atoms with Crippen molar-refractivity contribution in [3.8, 4) is 0 Å². The summed E-state index contributed by atoms with van der Waals surface area (Å²) in [6.07, 6.45) is -14.7. The predicted molar refractivity (Wildman–Crippen MR) is 250 cm³/mol. The quantitative estimate of drug-likeness (QED) is 0.0653. The summed E-state index contributed by atoms with van der Waals surface area (Å²) in [7, 11) is 0. The van der Waals surface area contributed by atoms with Crippen molar-refractivity contribution in [2.75, 3.05) is 26.4 Å². The van der Waals surface area contributed by atoms with Crippen LogP contribution in [0.5, 0.6) is 0 Å². The van der Waals surface area contributed by atoms with Gasteiger partial charge in [-0.2, -0.15) is 0 Å². The fraction of sp³-hybridized carbons (Fsp3) is 0.923. The number of carbonyl (C=O) groups excluding carboxylic acids is 1. The van der Waals surface area contributed by atoms with E-state index in [1.54, 1.807) is 0 Å². The van der Waals surface area contributed by atoms with E-state index in [0.29, 0.717) is 25.4 Å². The van der Waals surface area contributed by atoms with Gasteiger partial charge in [0.05, 0.1) is 56.1 Å². The Morgan fingerprint density at radius 1 is 0.781 bits per heavy atom. The highest BCUT2D eigenvalue weighted by Gasteiger charge is 2.81. The predicted octanol–water partition coefficient (Wildman–Crippen LogP) is 0.773. The van der Waals surface area contributed by atoms with Gasteiger partial charge in [-0.15, -0.1) is 0 Å². The Morgan fingerprint density at radius 3 is 2.10 bits per heavy atom. The highest BCUT2D eigenvalue weighted by molar-refractivity contribution is 5.73. The van der Waals surface area contributed by atoms with Crippen LogP contribution in [0.15, 0.2) is 11.6 Å². The van der Waals surface area contributed by atoms with E-state index in [9.17, 15) is 55.5 Å². The molecule has 21 heteroatoms. The van der Waals surface area contributed by atoms with Crippen LogP contribution >= 0.6 is 0 Å². The molecule has 9 aliphatic rings. The molecule has 4 aliphatic carbocycles. The van der Waals surface area contributed by atoms with E-state index in [2.05, 4.69) is 33.8 Å². The minimum Gasteiger partial charge on any atom is -0.481 e. The van der Waals surface area contributed by atoms with Crippen LogP contribution in [0.1, 0.15) is 120 Å². The minimum absolute atomic E-state index is 0.110. The van der Waals surface area contributed by atoms with Gasteiger partial charge in [0.2, 0.25) is 0 Å². The molecule has 21 nitrogen and oxygen atoms in total. The fourth-order valence-electron chi connectivity index (χ4n) is 16.5. The number of rotatable bonds is 14. The van der Waals surface area contributed by atoms with Gasteiger partial charge >= 0.3 is 11.9 Å². The highest BCUT2D eigenvalue weighted by atomic mass is 16.8. The van der Waals surface area contributed by atoms with Gasteiger partial charge in [0, 0.05) is 24.2 Å². The molecule has 9 rings (SSSR count). The molecule has 5 heterocycles. The molecule has 73 heavy (non-hydrogen) atoms. The second kappa shape index (κ2) is 19.7. The average Bonchev–Trinajstić information content (AvgIpc) is 3.90. The van der Waals surface area contributed by atoms with Crippen molar-refractivity contribution in [2.45, 2.75) is 229 Å². The summed E-state index contributed by atoms with van der Waals surface area (Å²) in [6, 6.07) is 0. The first kappa shape index (κ1) is 55.7. The van der Waals surface area contributed by atoms with Crippen molar-refractivity contribution in [3.63, 3.8) is 0 Å². The molecule has 0 aromatic rings. The van der Waals surface area contributed by atoms with Crippen LogP contribution in [0.2, 0.25) is 0 Å². The normalized spacial score (nSPS) is 51.7. The van der Waals surface area contributed by atoms with Crippen LogP contribution in [0.4, 0.5) is 0 Å². The molecule has 0 amide bonds. The maximum atomic E-state index is 12.6. The number of aliphatic carboxylic acids is 1. The van der Waals surface area contributed by atoms with Gasteiger partial charge in [0.15, 0.2) is 24.7 Å². The zero-order valence-electron chi connectivity index (χ0n) is 43.4. The molecule has 416 valence electrons. The molecule has 0 radical (unpaired) electrons. The molecular formula is C52H82O21.